The maximum Gasteiger partial charge on any atom is 0.265 e. The third-order valence-corrected chi connectivity index (χ3v) is 2.56. The van der Waals surface area contributed by atoms with Crippen molar-refractivity contribution in [1.29, 1.82) is 0 Å². The summed E-state index contributed by atoms with van der Waals surface area (Å²) in [5.41, 5.74) is 0.714. The summed E-state index contributed by atoms with van der Waals surface area (Å²) in [7, 11) is 0. The summed E-state index contributed by atoms with van der Waals surface area (Å²) in [6.07, 6.45) is -0.415. The van der Waals surface area contributed by atoms with Gasteiger partial charge in [-0.15, -0.1) is 0 Å². The molecule has 0 fully saturated rings. The van der Waals surface area contributed by atoms with Gasteiger partial charge in [0.1, 0.15) is 5.75 Å². The van der Waals surface area contributed by atoms with Gasteiger partial charge in [0.25, 0.3) is 5.91 Å². The normalized spacial score (nSPS) is 20.2. The Morgan fingerprint density at radius 3 is 3.08 bits per heavy atom. The lowest BCUT2D eigenvalue weighted by atomic mass is 10.2. The third-order valence-electron chi connectivity index (χ3n) is 1.90. The lowest BCUT2D eigenvalue weighted by Gasteiger charge is -2.23. The highest BCUT2D eigenvalue weighted by Gasteiger charge is 2.24. The minimum absolute atomic E-state index is 0.112. The third kappa shape index (κ3) is 1.42. The minimum atomic E-state index is -0.415. The zero-order valence-corrected chi connectivity index (χ0v) is 8.59. The Morgan fingerprint density at radius 2 is 2.31 bits per heavy atom. The van der Waals surface area contributed by atoms with E-state index in [1.807, 2.05) is 18.2 Å². The van der Waals surface area contributed by atoms with Crippen LogP contribution in [-0.4, -0.2) is 12.0 Å². The minimum Gasteiger partial charge on any atom is -0.479 e. The monoisotopic (exact) mass is 241 g/mol. The highest BCUT2D eigenvalue weighted by molar-refractivity contribution is 9.10. The van der Waals surface area contributed by atoms with Crippen LogP contribution in [0.1, 0.15) is 6.92 Å². The SMILES string of the molecule is CC1Oc2cccc(Br)c2NC1=O. The maximum atomic E-state index is 11.3. The van der Waals surface area contributed by atoms with Gasteiger partial charge in [0.2, 0.25) is 0 Å². The number of anilines is 1. The summed E-state index contributed by atoms with van der Waals surface area (Å²) in [5.74, 6) is 0.598. The molecule has 1 N–H and O–H groups in total. The topological polar surface area (TPSA) is 38.3 Å². The first kappa shape index (κ1) is 8.56. The number of fused-ring (bicyclic) bond motifs is 1. The number of ether oxygens (including phenoxy) is 1. The van der Waals surface area contributed by atoms with Crippen molar-refractivity contribution in [3.05, 3.63) is 22.7 Å². The van der Waals surface area contributed by atoms with Crippen LogP contribution in [0.2, 0.25) is 0 Å². The van der Waals surface area contributed by atoms with Crippen LogP contribution in [0.4, 0.5) is 5.69 Å². The molecule has 0 radical (unpaired) electrons. The number of halogens is 1. The molecule has 4 heteroatoms. The molecule has 2 rings (SSSR count). The molecule has 0 spiro atoms. The van der Waals surface area contributed by atoms with Crippen molar-refractivity contribution in [2.24, 2.45) is 0 Å². The quantitative estimate of drug-likeness (QED) is 0.757. The number of hydrogen-bond donors (Lipinski definition) is 1. The molecule has 1 heterocycles. The van der Waals surface area contributed by atoms with E-state index in [0.29, 0.717) is 11.4 Å². The largest absolute Gasteiger partial charge is 0.479 e. The number of benzene rings is 1. The van der Waals surface area contributed by atoms with E-state index >= 15 is 0 Å². The molecule has 1 atom stereocenters. The molecule has 0 aliphatic carbocycles. The van der Waals surface area contributed by atoms with E-state index in [9.17, 15) is 4.79 Å². The first-order valence-corrected chi connectivity index (χ1v) is 4.74. The average Bonchev–Trinajstić information content (AvgIpc) is 2.09. The van der Waals surface area contributed by atoms with Crippen molar-refractivity contribution in [3.8, 4) is 5.75 Å². The van der Waals surface area contributed by atoms with Gasteiger partial charge >= 0.3 is 0 Å². The van der Waals surface area contributed by atoms with Gasteiger partial charge in [0, 0.05) is 4.47 Å². The molecular formula is C9H8BrNO2. The Bertz CT molecular complexity index is 365. The van der Waals surface area contributed by atoms with Crippen molar-refractivity contribution in [3.63, 3.8) is 0 Å². The summed E-state index contributed by atoms with van der Waals surface area (Å²) in [4.78, 5) is 11.3. The molecule has 68 valence electrons. The maximum absolute atomic E-state index is 11.3. The number of rotatable bonds is 0. The number of hydrogen-bond acceptors (Lipinski definition) is 2. The number of amides is 1. The van der Waals surface area contributed by atoms with E-state index in [1.54, 1.807) is 6.92 Å². The second kappa shape index (κ2) is 3.03. The van der Waals surface area contributed by atoms with Crippen LogP contribution in [0, 0.1) is 0 Å². The summed E-state index contributed by atoms with van der Waals surface area (Å²) in [6, 6.07) is 5.56. The molecule has 0 bridgehead atoms. The fourth-order valence-corrected chi connectivity index (χ4v) is 1.64. The molecule has 1 unspecified atom stereocenters. The lowest BCUT2D eigenvalue weighted by molar-refractivity contribution is -0.122. The first-order chi connectivity index (χ1) is 6.18. The molecule has 1 aliphatic heterocycles. The molecule has 1 aliphatic rings. The molecular weight excluding hydrogens is 234 g/mol. The van der Waals surface area contributed by atoms with Gasteiger partial charge in [-0.25, -0.2) is 0 Å². The van der Waals surface area contributed by atoms with E-state index in [4.69, 9.17) is 4.74 Å². The number of carbonyl (C=O) groups is 1. The summed E-state index contributed by atoms with van der Waals surface area (Å²) in [5, 5.41) is 2.77. The number of carbonyl (C=O) groups excluding carboxylic acids is 1. The van der Waals surface area contributed by atoms with Gasteiger partial charge < -0.3 is 10.1 Å². The van der Waals surface area contributed by atoms with Crippen LogP contribution < -0.4 is 10.1 Å². The second-order valence-corrected chi connectivity index (χ2v) is 3.72. The molecule has 3 nitrogen and oxygen atoms in total. The predicted octanol–water partition coefficient (Wildman–Crippen LogP) is 2.17. The van der Waals surface area contributed by atoms with E-state index in [-0.39, 0.29) is 5.91 Å². The van der Waals surface area contributed by atoms with Gasteiger partial charge in [-0.3, -0.25) is 4.79 Å². The summed E-state index contributed by atoms with van der Waals surface area (Å²) >= 11 is 3.33. The van der Waals surface area contributed by atoms with Gasteiger partial charge in [-0.2, -0.15) is 0 Å². The van der Waals surface area contributed by atoms with Gasteiger partial charge in [-0.1, -0.05) is 6.07 Å². The fourth-order valence-electron chi connectivity index (χ4n) is 1.19. The number of nitrogens with one attached hydrogen (secondary N) is 1. The second-order valence-electron chi connectivity index (χ2n) is 2.86. The zero-order valence-electron chi connectivity index (χ0n) is 7.00. The molecule has 0 saturated heterocycles. The highest BCUT2D eigenvalue weighted by atomic mass is 79.9. The van der Waals surface area contributed by atoms with E-state index in [2.05, 4.69) is 21.2 Å². The summed E-state index contributed by atoms with van der Waals surface area (Å²) in [6.45, 7) is 1.72. The zero-order chi connectivity index (χ0) is 9.42. The Labute approximate surface area is 84.2 Å². The number of para-hydroxylation sites is 1. The molecule has 0 aromatic heterocycles. The van der Waals surface area contributed by atoms with Gasteiger partial charge in [0.15, 0.2) is 6.10 Å². The van der Waals surface area contributed by atoms with Gasteiger partial charge in [0.05, 0.1) is 5.69 Å². The Hall–Kier alpha value is -1.03. The molecule has 1 aromatic rings. The van der Waals surface area contributed by atoms with Crippen LogP contribution in [0.3, 0.4) is 0 Å². The van der Waals surface area contributed by atoms with Crippen molar-refractivity contribution >= 4 is 27.5 Å². The Morgan fingerprint density at radius 1 is 1.54 bits per heavy atom. The lowest BCUT2D eigenvalue weighted by Crippen LogP contribution is -2.34. The van der Waals surface area contributed by atoms with E-state index in [1.165, 1.54) is 0 Å². The van der Waals surface area contributed by atoms with Gasteiger partial charge in [-0.05, 0) is 35.0 Å². The van der Waals surface area contributed by atoms with Crippen molar-refractivity contribution < 1.29 is 9.53 Å². The first-order valence-electron chi connectivity index (χ1n) is 3.94. The average molecular weight is 242 g/mol. The van der Waals surface area contributed by atoms with Crippen LogP contribution in [0.25, 0.3) is 0 Å². The van der Waals surface area contributed by atoms with Crippen LogP contribution in [0.5, 0.6) is 5.75 Å². The summed E-state index contributed by atoms with van der Waals surface area (Å²) < 4.78 is 6.22. The van der Waals surface area contributed by atoms with Crippen LogP contribution in [-0.2, 0) is 4.79 Å². The predicted molar refractivity (Wildman–Crippen MR) is 52.9 cm³/mol. The molecule has 13 heavy (non-hydrogen) atoms. The van der Waals surface area contributed by atoms with Crippen LogP contribution in [0.15, 0.2) is 22.7 Å². The van der Waals surface area contributed by atoms with Crippen LogP contribution >= 0.6 is 15.9 Å². The standard InChI is InChI=1S/C9H8BrNO2/c1-5-9(12)11-8-6(10)3-2-4-7(8)13-5/h2-5H,1H3,(H,11,12). The smallest absolute Gasteiger partial charge is 0.265 e. The Kier molecular flexibility index (Phi) is 2.00. The molecule has 1 amide bonds. The van der Waals surface area contributed by atoms with Crippen molar-refractivity contribution in [2.75, 3.05) is 5.32 Å². The molecule has 0 saturated carbocycles. The fraction of sp³-hybridized carbons (Fsp3) is 0.222. The van der Waals surface area contributed by atoms with Crippen molar-refractivity contribution in [1.82, 2.24) is 0 Å². The van der Waals surface area contributed by atoms with E-state index in [0.717, 1.165) is 4.47 Å². The Balaban J connectivity index is 2.48. The van der Waals surface area contributed by atoms with E-state index < -0.39 is 6.10 Å². The molecule has 1 aromatic carbocycles. The highest BCUT2D eigenvalue weighted by Crippen LogP contribution is 2.35. The van der Waals surface area contributed by atoms with Crippen molar-refractivity contribution in [2.45, 2.75) is 13.0 Å².